The summed E-state index contributed by atoms with van der Waals surface area (Å²) in [6.07, 6.45) is -2.67. The Hall–Kier alpha value is -0.830. The van der Waals surface area contributed by atoms with Gasteiger partial charge in [0.25, 0.3) is 0 Å². The summed E-state index contributed by atoms with van der Waals surface area (Å²) in [5.41, 5.74) is -1.09. The van der Waals surface area contributed by atoms with Gasteiger partial charge in [-0.25, -0.2) is 8.42 Å². The minimum Gasteiger partial charge on any atom is -0.315 e. The Morgan fingerprint density at radius 1 is 1.09 bits per heavy atom. The summed E-state index contributed by atoms with van der Waals surface area (Å²) >= 11 is 0. The van der Waals surface area contributed by atoms with Crippen LogP contribution in [0.1, 0.15) is 24.8 Å². The van der Waals surface area contributed by atoms with Crippen LogP contribution >= 0.6 is 12.4 Å². The number of nitrogens with zero attached hydrogens (tertiary/aromatic N) is 1. The first-order valence-corrected chi connectivity index (χ1v) is 8.66. The summed E-state index contributed by atoms with van der Waals surface area (Å²) in [6, 6.07) is 3.94. The summed E-state index contributed by atoms with van der Waals surface area (Å²) in [5, 5.41) is 3.15. The van der Waals surface area contributed by atoms with Crippen molar-refractivity contribution < 1.29 is 21.6 Å². The Kier molecular flexibility index (Phi) is 5.30. The van der Waals surface area contributed by atoms with Gasteiger partial charge in [-0.05, 0) is 37.9 Å². The summed E-state index contributed by atoms with van der Waals surface area (Å²) in [4.78, 5) is -0.638. The van der Waals surface area contributed by atoms with Crippen molar-refractivity contribution in [1.29, 1.82) is 0 Å². The molecule has 0 spiro atoms. The molecule has 3 rings (SSSR count). The van der Waals surface area contributed by atoms with E-state index in [0.717, 1.165) is 12.1 Å². The monoisotopic (exact) mass is 370 g/mol. The first-order chi connectivity index (χ1) is 10.3. The minimum atomic E-state index is -4.69. The van der Waals surface area contributed by atoms with E-state index in [4.69, 9.17) is 0 Å². The van der Waals surface area contributed by atoms with Gasteiger partial charge in [-0.3, -0.25) is 0 Å². The van der Waals surface area contributed by atoms with Crippen LogP contribution in [0.15, 0.2) is 29.2 Å². The third-order valence-electron chi connectivity index (χ3n) is 4.34. The highest BCUT2D eigenvalue weighted by atomic mass is 35.5. The zero-order chi connectivity index (χ0) is 16.0. The lowest BCUT2D eigenvalue weighted by atomic mass is 10.1. The van der Waals surface area contributed by atoms with E-state index in [9.17, 15) is 21.6 Å². The van der Waals surface area contributed by atoms with Gasteiger partial charge in [0, 0.05) is 18.6 Å². The number of alkyl halides is 3. The molecule has 1 N–H and O–H groups in total. The van der Waals surface area contributed by atoms with Crippen LogP contribution < -0.4 is 5.32 Å². The maximum atomic E-state index is 13.1. The molecule has 2 unspecified atom stereocenters. The molecule has 130 valence electrons. The third-order valence-corrected chi connectivity index (χ3v) is 6.40. The average molecular weight is 371 g/mol. The molecule has 2 saturated heterocycles. The number of benzene rings is 1. The van der Waals surface area contributed by atoms with Crippen molar-refractivity contribution in [2.24, 2.45) is 0 Å². The summed E-state index contributed by atoms with van der Waals surface area (Å²) in [7, 11) is -4.16. The molecule has 23 heavy (non-hydrogen) atoms. The molecule has 0 aliphatic carbocycles. The Labute approximate surface area is 139 Å². The topological polar surface area (TPSA) is 49.4 Å². The normalized spacial score (nSPS) is 25.7. The molecule has 1 aromatic rings. The summed E-state index contributed by atoms with van der Waals surface area (Å²) in [6.45, 7) is 1.18. The number of fused-ring (bicyclic) bond motifs is 2. The zero-order valence-corrected chi connectivity index (χ0v) is 13.8. The molecule has 9 heteroatoms. The number of rotatable bonds is 2. The van der Waals surface area contributed by atoms with E-state index in [0.29, 0.717) is 32.4 Å². The molecule has 0 radical (unpaired) electrons. The van der Waals surface area contributed by atoms with Crippen molar-refractivity contribution in [3.05, 3.63) is 29.8 Å². The molecule has 2 aliphatic rings. The quantitative estimate of drug-likeness (QED) is 0.870. The van der Waals surface area contributed by atoms with E-state index >= 15 is 0 Å². The van der Waals surface area contributed by atoms with Crippen LogP contribution in [0.2, 0.25) is 0 Å². The fourth-order valence-electron chi connectivity index (χ4n) is 3.37. The SMILES string of the molecule is Cl.O=S(=O)(c1ccccc1C(F)(F)F)N1C2CCNCC1CC2. The number of nitrogens with one attached hydrogen (secondary N) is 1. The molecule has 0 aromatic heterocycles. The van der Waals surface area contributed by atoms with Crippen LogP contribution in [0.3, 0.4) is 0 Å². The average Bonchev–Trinajstić information content (AvgIpc) is 2.72. The van der Waals surface area contributed by atoms with Crippen LogP contribution in [0.25, 0.3) is 0 Å². The standard InChI is InChI=1S/C14H17F3N2O2S.ClH/c15-14(16,17)12-3-1-2-4-13(12)22(20,21)19-10-5-6-11(19)9-18-8-7-10;/h1-4,10-11,18H,5-9H2;1H. The predicted molar refractivity (Wildman–Crippen MR) is 82.0 cm³/mol. The molecule has 2 bridgehead atoms. The molecule has 0 saturated carbocycles. The lowest BCUT2D eigenvalue weighted by Crippen LogP contribution is -2.43. The second-order valence-electron chi connectivity index (χ2n) is 5.71. The van der Waals surface area contributed by atoms with Gasteiger partial charge < -0.3 is 5.32 Å². The minimum absolute atomic E-state index is 0. The summed E-state index contributed by atoms with van der Waals surface area (Å²) in [5.74, 6) is 0. The van der Waals surface area contributed by atoms with Gasteiger partial charge in [0.15, 0.2) is 0 Å². The second kappa shape index (κ2) is 6.58. The van der Waals surface area contributed by atoms with Crippen LogP contribution in [0, 0.1) is 0 Å². The Balaban J connectivity index is 0.00000192. The maximum absolute atomic E-state index is 13.1. The van der Waals surface area contributed by atoms with E-state index < -0.39 is 26.7 Å². The molecule has 1 aromatic carbocycles. The maximum Gasteiger partial charge on any atom is 0.417 e. The van der Waals surface area contributed by atoms with Crippen LogP contribution in [-0.2, 0) is 16.2 Å². The van der Waals surface area contributed by atoms with Gasteiger partial charge in [-0.1, -0.05) is 12.1 Å². The van der Waals surface area contributed by atoms with Crippen molar-refractivity contribution in [2.45, 2.75) is 42.4 Å². The predicted octanol–water partition coefficient (Wildman–Crippen LogP) is 2.64. The van der Waals surface area contributed by atoms with Crippen molar-refractivity contribution in [3.8, 4) is 0 Å². The van der Waals surface area contributed by atoms with Gasteiger partial charge in [0.1, 0.15) is 0 Å². The molecule has 4 nitrogen and oxygen atoms in total. The van der Waals surface area contributed by atoms with Crippen molar-refractivity contribution in [3.63, 3.8) is 0 Å². The highest BCUT2D eigenvalue weighted by molar-refractivity contribution is 7.89. The number of hydrogen-bond donors (Lipinski definition) is 1. The molecule has 2 aliphatic heterocycles. The zero-order valence-electron chi connectivity index (χ0n) is 12.2. The van der Waals surface area contributed by atoms with Crippen LogP contribution in [-0.4, -0.2) is 37.9 Å². The van der Waals surface area contributed by atoms with Gasteiger partial charge in [0.2, 0.25) is 10.0 Å². The van der Waals surface area contributed by atoms with Crippen LogP contribution in [0.4, 0.5) is 13.2 Å². The van der Waals surface area contributed by atoms with E-state index in [1.165, 1.54) is 16.4 Å². The van der Waals surface area contributed by atoms with E-state index in [-0.39, 0.29) is 24.5 Å². The van der Waals surface area contributed by atoms with E-state index in [1.54, 1.807) is 0 Å². The fourth-order valence-corrected chi connectivity index (χ4v) is 5.49. The second-order valence-corrected chi connectivity index (χ2v) is 7.52. The van der Waals surface area contributed by atoms with Crippen molar-refractivity contribution >= 4 is 22.4 Å². The van der Waals surface area contributed by atoms with Crippen molar-refractivity contribution in [1.82, 2.24) is 9.62 Å². The number of sulfonamides is 1. The van der Waals surface area contributed by atoms with Gasteiger partial charge in [-0.2, -0.15) is 17.5 Å². The van der Waals surface area contributed by atoms with Crippen molar-refractivity contribution in [2.75, 3.05) is 13.1 Å². The smallest absolute Gasteiger partial charge is 0.315 e. The Bertz CT molecular complexity index is 652. The molecule has 2 fully saturated rings. The molecule has 2 atom stereocenters. The summed E-state index contributed by atoms with van der Waals surface area (Å²) < 4.78 is 66.5. The fraction of sp³-hybridized carbons (Fsp3) is 0.571. The van der Waals surface area contributed by atoms with Gasteiger partial charge >= 0.3 is 6.18 Å². The van der Waals surface area contributed by atoms with Gasteiger partial charge in [0.05, 0.1) is 10.5 Å². The first-order valence-electron chi connectivity index (χ1n) is 7.22. The molecular formula is C14H18ClF3N2O2S. The van der Waals surface area contributed by atoms with Crippen LogP contribution in [0.5, 0.6) is 0 Å². The third kappa shape index (κ3) is 3.35. The molecular weight excluding hydrogens is 353 g/mol. The largest absolute Gasteiger partial charge is 0.417 e. The molecule has 0 amide bonds. The highest BCUT2D eigenvalue weighted by Crippen LogP contribution is 2.39. The Morgan fingerprint density at radius 3 is 2.43 bits per heavy atom. The van der Waals surface area contributed by atoms with E-state index in [2.05, 4.69) is 5.32 Å². The molecule has 2 heterocycles. The van der Waals surface area contributed by atoms with Gasteiger partial charge in [-0.15, -0.1) is 12.4 Å². The highest BCUT2D eigenvalue weighted by Gasteiger charge is 2.46. The number of hydrogen-bond acceptors (Lipinski definition) is 3. The lowest BCUT2D eigenvalue weighted by molar-refractivity contribution is -0.139. The Morgan fingerprint density at radius 2 is 1.74 bits per heavy atom. The number of halogens is 4. The van der Waals surface area contributed by atoms with E-state index in [1.807, 2.05) is 0 Å². The lowest BCUT2D eigenvalue weighted by Gasteiger charge is -2.28. The first kappa shape index (κ1) is 18.5.